The van der Waals surface area contributed by atoms with E-state index in [4.69, 9.17) is 4.74 Å². The summed E-state index contributed by atoms with van der Waals surface area (Å²) >= 11 is 0. The van der Waals surface area contributed by atoms with Crippen LogP contribution in [0.15, 0.2) is 60.8 Å². The molecule has 4 atom stereocenters. The van der Waals surface area contributed by atoms with Gasteiger partial charge in [-0.15, -0.1) is 0 Å². The lowest BCUT2D eigenvalue weighted by molar-refractivity contribution is -0.138. The third-order valence-corrected chi connectivity index (χ3v) is 9.74. The number of piperidine rings is 1. The molecule has 276 valence electrons. The van der Waals surface area contributed by atoms with E-state index in [-0.39, 0.29) is 30.0 Å². The Labute approximate surface area is 300 Å². The molecule has 0 aliphatic carbocycles. The first-order valence-electron chi connectivity index (χ1n) is 18.3. The van der Waals surface area contributed by atoms with Gasteiger partial charge in [0, 0.05) is 51.0 Å². The number of benzene rings is 2. The lowest BCUT2D eigenvalue weighted by Crippen LogP contribution is -2.53. The fraction of sp³-hybridized carbons (Fsp3) is 0.513. The molecule has 4 amide bonds. The van der Waals surface area contributed by atoms with Gasteiger partial charge in [-0.05, 0) is 55.2 Å². The van der Waals surface area contributed by atoms with Crippen molar-refractivity contribution in [1.29, 1.82) is 0 Å². The number of aromatic nitrogens is 2. The Morgan fingerprint density at radius 3 is 2.33 bits per heavy atom. The van der Waals surface area contributed by atoms with Gasteiger partial charge in [0.15, 0.2) is 0 Å². The molecule has 0 bridgehead atoms. The van der Waals surface area contributed by atoms with Crippen molar-refractivity contribution < 1.29 is 28.3 Å². The highest BCUT2D eigenvalue weighted by atomic mass is 19.1. The van der Waals surface area contributed by atoms with Crippen LogP contribution < -0.4 is 20.7 Å². The van der Waals surface area contributed by atoms with Crippen molar-refractivity contribution in [3.05, 3.63) is 77.9 Å². The summed E-state index contributed by atoms with van der Waals surface area (Å²) in [6.45, 7) is 11.0. The first-order chi connectivity index (χ1) is 24.5. The van der Waals surface area contributed by atoms with Gasteiger partial charge in [0.05, 0.1) is 5.69 Å². The van der Waals surface area contributed by atoms with Crippen LogP contribution in [0.25, 0.3) is 0 Å². The number of nitrogens with one attached hydrogen (secondary N) is 3. The molecule has 3 aromatic rings. The standard InChI is InChI=1S/C39H53FN6O5/c1-6-26(4)13-12-16-33(43-38(49)34-19-22-41-46(34)8-3)37(48)42-32-18-17-28(25-31(32)40)27(5)36(44-35(47)7-2)39(50)45-23-20-30(21-24-45)51-29-14-10-9-11-15-29/h9-11,14-15,17-19,22,25-27,30,33,36H,6-8,12-13,16,20-21,23-24H2,1-5H3,(H,42,48)(H,43,49)(H,44,47)/t26-,27-,33-,36+/m0/s1. The number of carbonyl (C=O) groups excluding carboxylic acids is 4. The highest BCUT2D eigenvalue weighted by molar-refractivity contribution is 6.00. The van der Waals surface area contributed by atoms with E-state index in [2.05, 4.69) is 34.9 Å². The number of carbonyl (C=O) groups is 4. The normalized spacial score (nSPS) is 15.7. The zero-order chi connectivity index (χ0) is 36.9. The summed E-state index contributed by atoms with van der Waals surface area (Å²) in [5.74, 6) is -1.48. The second-order valence-electron chi connectivity index (χ2n) is 13.4. The maximum absolute atomic E-state index is 15.7. The van der Waals surface area contributed by atoms with Crippen LogP contribution >= 0.6 is 0 Å². The van der Waals surface area contributed by atoms with Crippen LogP contribution in [-0.2, 0) is 20.9 Å². The van der Waals surface area contributed by atoms with Crippen LogP contribution in [-0.4, -0.2) is 69.6 Å². The molecule has 4 rings (SSSR count). The molecular weight excluding hydrogens is 651 g/mol. The number of rotatable bonds is 17. The molecule has 1 fully saturated rings. The molecule has 0 saturated carbocycles. The zero-order valence-corrected chi connectivity index (χ0v) is 30.5. The smallest absolute Gasteiger partial charge is 0.270 e. The molecule has 2 aromatic carbocycles. The van der Waals surface area contributed by atoms with Gasteiger partial charge in [0.25, 0.3) is 5.91 Å². The second-order valence-corrected chi connectivity index (χ2v) is 13.4. The van der Waals surface area contributed by atoms with Gasteiger partial charge in [-0.1, -0.05) is 71.2 Å². The summed E-state index contributed by atoms with van der Waals surface area (Å²) in [6, 6.07) is 13.7. The molecule has 1 aliphatic heterocycles. The van der Waals surface area contributed by atoms with E-state index in [9.17, 15) is 19.2 Å². The first-order valence-corrected chi connectivity index (χ1v) is 18.3. The van der Waals surface area contributed by atoms with E-state index in [1.54, 1.807) is 35.6 Å². The number of hydrogen-bond donors (Lipinski definition) is 3. The van der Waals surface area contributed by atoms with Crippen molar-refractivity contribution in [1.82, 2.24) is 25.3 Å². The van der Waals surface area contributed by atoms with Crippen LogP contribution in [0.1, 0.15) is 102 Å². The predicted molar refractivity (Wildman–Crippen MR) is 195 cm³/mol. The average molecular weight is 705 g/mol. The molecule has 1 aromatic heterocycles. The van der Waals surface area contributed by atoms with E-state index in [0.717, 1.165) is 18.6 Å². The van der Waals surface area contributed by atoms with Gasteiger partial charge in [0.2, 0.25) is 17.7 Å². The van der Waals surface area contributed by atoms with Crippen LogP contribution in [0, 0.1) is 11.7 Å². The number of anilines is 1. The summed E-state index contributed by atoms with van der Waals surface area (Å²) in [4.78, 5) is 54.8. The van der Waals surface area contributed by atoms with Crippen molar-refractivity contribution in [2.45, 2.75) is 110 Å². The number of hydrogen-bond acceptors (Lipinski definition) is 6. The number of likely N-dealkylation sites (tertiary alicyclic amines) is 1. The summed E-state index contributed by atoms with van der Waals surface area (Å²) < 4.78 is 23.3. The number of halogens is 1. The van der Waals surface area contributed by atoms with Gasteiger partial charge in [-0.2, -0.15) is 5.10 Å². The molecule has 0 spiro atoms. The molecule has 0 radical (unpaired) electrons. The number of aryl methyl sites for hydroxylation is 1. The Bertz CT molecular complexity index is 1610. The maximum atomic E-state index is 15.7. The third-order valence-electron chi connectivity index (χ3n) is 9.74. The lowest BCUT2D eigenvalue weighted by atomic mass is 9.91. The fourth-order valence-corrected chi connectivity index (χ4v) is 6.24. The highest BCUT2D eigenvalue weighted by Crippen LogP contribution is 2.27. The number of nitrogens with zero attached hydrogens (tertiary/aromatic N) is 3. The van der Waals surface area contributed by atoms with Gasteiger partial charge in [-0.3, -0.25) is 23.9 Å². The molecule has 51 heavy (non-hydrogen) atoms. The second kappa shape index (κ2) is 19.0. The molecule has 1 saturated heterocycles. The SMILES string of the molecule is CCC(=O)N[C@@H](C(=O)N1CCC(Oc2ccccc2)CC1)[C@@H](C)c1ccc(NC(=O)[C@H](CCC[C@@H](C)CC)NC(=O)c2ccnn2CC)c(F)c1. The molecule has 11 nitrogen and oxygen atoms in total. The summed E-state index contributed by atoms with van der Waals surface area (Å²) in [5, 5.41) is 12.5. The third kappa shape index (κ3) is 10.9. The van der Waals surface area contributed by atoms with Gasteiger partial charge in [0.1, 0.15) is 35.4 Å². The minimum Gasteiger partial charge on any atom is -0.490 e. The number of amides is 4. The van der Waals surface area contributed by atoms with Crippen molar-refractivity contribution in [2.24, 2.45) is 5.92 Å². The Kier molecular flexibility index (Phi) is 14.6. The van der Waals surface area contributed by atoms with Crippen molar-refractivity contribution in [3.63, 3.8) is 0 Å². The molecule has 1 aliphatic rings. The van der Waals surface area contributed by atoms with Gasteiger partial charge in [-0.25, -0.2) is 4.39 Å². The van der Waals surface area contributed by atoms with Crippen molar-refractivity contribution in [2.75, 3.05) is 18.4 Å². The first kappa shape index (κ1) is 39.1. The molecule has 0 unspecified atom stereocenters. The van der Waals surface area contributed by atoms with E-state index < -0.39 is 35.6 Å². The molecule has 2 heterocycles. The van der Waals surface area contributed by atoms with E-state index in [1.165, 1.54) is 18.3 Å². The minimum absolute atomic E-state index is 0.0259. The topological polar surface area (TPSA) is 135 Å². The Hall–Kier alpha value is -4.74. The minimum atomic E-state index is -0.912. The summed E-state index contributed by atoms with van der Waals surface area (Å²) in [5.41, 5.74) is 0.788. The molecule has 3 N–H and O–H groups in total. The largest absolute Gasteiger partial charge is 0.490 e. The quantitative estimate of drug-likeness (QED) is 0.156. The molecular formula is C39H53FN6O5. The van der Waals surface area contributed by atoms with Crippen LogP contribution in [0.4, 0.5) is 10.1 Å². The number of para-hydroxylation sites is 1. The van der Waals surface area contributed by atoms with Gasteiger partial charge < -0.3 is 25.6 Å². The highest BCUT2D eigenvalue weighted by Gasteiger charge is 2.34. The number of ether oxygens (including phenoxy) is 1. The Morgan fingerprint density at radius 1 is 0.961 bits per heavy atom. The van der Waals surface area contributed by atoms with E-state index in [1.807, 2.05) is 37.3 Å². The lowest BCUT2D eigenvalue weighted by Gasteiger charge is -2.36. The maximum Gasteiger partial charge on any atom is 0.270 e. The van der Waals surface area contributed by atoms with Crippen LogP contribution in [0.3, 0.4) is 0 Å². The monoisotopic (exact) mass is 704 g/mol. The zero-order valence-electron chi connectivity index (χ0n) is 30.5. The summed E-state index contributed by atoms with van der Waals surface area (Å²) in [6.07, 6.45) is 5.97. The van der Waals surface area contributed by atoms with E-state index >= 15 is 4.39 Å². The predicted octanol–water partition coefficient (Wildman–Crippen LogP) is 6.06. The Morgan fingerprint density at radius 2 is 1.69 bits per heavy atom. The van der Waals surface area contributed by atoms with Crippen LogP contribution in [0.2, 0.25) is 0 Å². The van der Waals surface area contributed by atoms with Crippen LogP contribution in [0.5, 0.6) is 5.75 Å². The van der Waals surface area contributed by atoms with Gasteiger partial charge >= 0.3 is 0 Å². The van der Waals surface area contributed by atoms with Crippen molar-refractivity contribution >= 4 is 29.3 Å². The summed E-state index contributed by atoms with van der Waals surface area (Å²) in [7, 11) is 0. The average Bonchev–Trinajstić information content (AvgIpc) is 3.63. The van der Waals surface area contributed by atoms with E-state index in [0.29, 0.717) is 62.5 Å². The molecule has 12 heteroatoms. The fourth-order valence-electron chi connectivity index (χ4n) is 6.24. The van der Waals surface area contributed by atoms with Crippen molar-refractivity contribution in [3.8, 4) is 5.75 Å². The Balaban J connectivity index is 1.44.